The van der Waals surface area contributed by atoms with Crippen molar-refractivity contribution in [3.05, 3.63) is 40.8 Å². The Morgan fingerprint density at radius 2 is 1.87 bits per heavy atom. The topological polar surface area (TPSA) is 131 Å². The van der Waals surface area contributed by atoms with Crippen LogP contribution >= 0.6 is 11.3 Å². The zero-order valence-electron chi connectivity index (χ0n) is 17.0. The van der Waals surface area contributed by atoms with E-state index in [2.05, 4.69) is 10.0 Å². The summed E-state index contributed by atoms with van der Waals surface area (Å²) in [5, 5.41) is 2.68. The zero-order chi connectivity index (χ0) is 22.6. The molecule has 0 spiro atoms. The third-order valence-corrected chi connectivity index (χ3v) is 9.50. The normalized spacial score (nSPS) is 15.5. The summed E-state index contributed by atoms with van der Waals surface area (Å²) in [5.74, 6) is -0.386. The Morgan fingerprint density at radius 3 is 2.52 bits per heavy atom. The molecule has 1 amide bonds. The molecule has 1 aromatic carbocycles. The van der Waals surface area contributed by atoms with Crippen molar-refractivity contribution in [2.24, 2.45) is 0 Å². The molecule has 10 nitrogen and oxygen atoms in total. The van der Waals surface area contributed by atoms with Gasteiger partial charge in [-0.1, -0.05) is 0 Å². The smallest absolute Gasteiger partial charge is 0.252 e. The van der Waals surface area contributed by atoms with Gasteiger partial charge >= 0.3 is 0 Å². The van der Waals surface area contributed by atoms with Crippen LogP contribution in [0.1, 0.15) is 15.2 Å². The fourth-order valence-corrected chi connectivity index (χ4v) is 6.69. The molecule has 0 radical (unpaired) electrons. The molecule has 1 aromatic heterocycles. The van der Waals surface area contributed by atoms with Crippen LogP contribution in [0, 0.1) is 0 Å². The molecular formula is C18H23N3O7S3. The number of carbonyl (C=O) groups is 1. The second-order valence-electron chi connectivity index (χ2n) is 6.49. The lowest BCUT2D eigenvalue weighted by atomic mass is 10.2. The summed E-state index contributed by atoms with van der Waals surface area (Å²) >= 11 is 1.08. The number of hydrogen-bond acceptors (Lipinski definition) is 8. The second kappa shape index (κ2) is 9.63. The first-order chi connectivity index (χ1) is 14.7. The number of carbonyl (C=O) groups excluding carboxylic acids is 1. The lowest BCUT2D eigenvalue weighted by molar-refractivity contribution is 0.0731. The molecule has 0 bridgehead atoms. The number of methoxy groups -OCH3 is 1. The number of amides is 1. The third-order valence-electron chi connectivity index (χ3n) is 4.61. The molecule has 0 unspecified atom stereocenters. The summed E-state index contributed by atoms with van der Waals surface area (Å²) in [6, 6.07) is 7.23. The molecule has 0 aliphatic carbocycles. The number of thiophene rings is 1. The van der Waals surface area contributed by atoms with Gasteiger partial charge in [-0.05, 0) is 37.4 Å². The summed E-state index contributed by atoms with van der Waals surface area (Å²) in [4.78, 5) is 13.0. The molecule has 3 rings (SSSR count). The van der Waals surface area contributed by atoms with E-state index in [9.17, 15) is 21.6 Å². The van der Waals surface area contributed by atoms with Crippen molar-refractivity contribution in [1.82, 2.24) is 14.3 Å². The fraction of sp³-hybridized carbons (Fsp3) is 0.389. The lowest BCUT2D eigenvalue weighted by Crippen LogP contribution is -2.40. The molecule has 1 aliphatic rings. The van der Waals surface area contributed by atoms with E-state index in [1.54, 1.807) is 6.07 Å². The van der Waals surface area contributed by atoms with Crippen LogP contribution in [0.2, 0.25) is 0 Å². The molecule has 1 saturated heterocycles. The van der Waals surface area contributed by atoms with Gasteiger partial charge in [0.1, 0.15) is 14.9 Å². The zero-order valence-corrected chi connectivity index (χ0v) is 19.4. The van der Waals surface area contributed by atoms with E-state index in [4.69, 9.17) is 9.47 Å². The average Bonchev–Trinajstić information content (AvgIpc) is 3.27. The van der Waals surface area contributed by atoms with E-state index in [1.165, 1.54) is 42.7 Å². The van der Waals surface area contributed by atoms with E-state index in [0.29, 0.717) is 31.2 Å². The molecule has 0 atom stereocenters. The summed E-state index contributed by atoms with van der Waals surface area (Å²) in [6.45, 7) is 1.44. The van der Waals surface area contributed by atoms with E-state index in [1.807, 2.05) is 0 Å². The van der Waals surface area contributed by atoms with Crippen LogP contribution in [0.15, 0.2) is 39.4 Å². The highest BCUT2D eigenvalue weighted by atomic mass is 32.2. The maximum Gasteiger partial charge on any atom is 0.252 e. The van der Waals surface area contributed by atoms with Gasteiger partial charge in [0.15, 0.2) is 0 Å². The molecule has 2 heterocycles. The first kappa shape index (κ1) is 23.6. The number of morpholine rings is 1. The first-order valence-corrected chi connectivity index (χ1v) is 13.0. The quantitative estimate of drug-likeness (QED) is 0.556. The van der Waals surface area contributed by atoms with Gasteiger partial charge in [0, 0.05) is 23.5 Å². The number of hydrogen-bond donors (Lipinski definition) is 2. The fourth-order valence-electron chi connectivity index (χ4n) is 2.91. The van der Waals surface area contributed by atoms with Gasteiger partial charge in [-0.2, -0.15) is 4.31 Å². The van der Waals surface area contributed by atoms with Crippen LogP contribution in [0.4, 0.5) is 0 Å². The Balaban J connectivity index is 1.71. The van der Waals surface area contributed by atoms with Crippen LogP contribution < -0.4 is 14.8 Å². The van der Waals surface area contributed by atoms with Crippen molar-refractivity contribution in [1.29, 1.82) is 0 Å². The lowest BCUT2D eigenvalue weighted by Gasteiger charge is -2.25. The molecule has 2 aromatic rings. The molecule has 170 valence electrons. The number of rotatable bonds is 8. The van der Waals surface area contributed by atoms with Crippen molar-refractivity contribution in [3.8, 4) is 5.75 Å². The monoisotopic (exact) mass is 489 g/mol. The summed E-state index contributed by atoms with van der Waals surface area (Å²) in [6.07, 6.45) is 0. The minimum Gasteiger partial charge on any atom is -0.495 e. The third kappa shape index (κ3) is 5.25. The van der Waals surface area contributed by atoms with E-state index in [0.717, 1.165) is 11.3 Å². The highest BCUT2D eigenvalue weighted by Crippen LogP contribution is 2.26. The number of ether oxygens (including phenoxy) is 2. The van der Waals surface area contributed by atoms with Crippen LogP contribution in [-0.4, -0.2) is 67.5 Å². The molecule has 13 heteroatoms. The number of nitrogens with one attached hydrogen (secondary N) is 2. The van der Waals surface area contributed by atoms with Gasteiger partial charge in [0.2, 0.25) is 10.0 Å². The Bertz CT molecular complexity index is 1150. The standard InChI is InChI=1S/C18H23N3O7S3/c1-19-30(23,24)16-11-13(3-5-15(16)27-2)18(22)20-12-14-4-6-17(29-14)31(25,26)21-7-9-28-10-8-21/h3-6,11,19H,7-10,12H2,1-2H3,(H,20,22). The summed E-state index contributed by atoms with van der Waals surface area (Å²) in [7, 11) is -4.81. The Morgan fingerprint density at radius 1 is 1.16 bits per heavy atom. The number of nitrogens with zero attached hydrogens (tertiary/aromatic N) is 1. The van der Waals surface area contributed by atoms with Crippen molar-refractivity contribution < 1.29 is 31.1 Å². The van der Waals surface area contributed by atoms with Crippen molar-refractivity contribution in [2.45, 2.75) is 15.6 Å². The Kier molecular flexibility index (Phi) is 7.34. The summed E-state index contributed by atoms with van der Waals surface area (Å²) in [5.41, 5.74) is 0.132. The minimum atomic E-state index is -3.82. The first-order valence-electron chi connectivity index (χ1n) is 9.25. The van der Waals surface area contributed by atoms with Gasteiger partial charge in [0.25, 0.3) is 15.9 Å². The van der Waals surface area contributed by atoms with Gasteiger partial charge in [-0.15, -0.1) is 11.3 Å². The SMILES string of the molecule is CNS(=O)(=O)c1cc(C(=O)NCc2ccc(S(=O)(=O)N3CCOCC3)s2)ccc1OC. The van der Waals surface area contributed by atoms with Crippen molar-refractivity contribution in [2.75, 3.05) is 40.5 Å². The second-order valence-corrected chi connectivity index (χ2v) is 11.7. The van der Waals surface area contributed by atoms with Gasteiger partial charge in [-0.3, -0.25) is 4.79 Å². The van der Waals surface area contributed by atoms with Crippen molar-refractivity contribution in [3.63, 3.8) is 0 Å². The molecule has 2 N–H and O–H groups in total. The average molecular weight is 490 g/mol. The van der Waals surface area contributed by atoms with Gasteiger partial charge in [0.05, 0.1) is 26.9 Å². The van der Waals surface area contributed by atoms with E-state index >= 15 is 0 Å². The Labute approximate surface area is 185 Å². The largest absolute Gasteiger partial charge is 0.495 e. The minimum absolute atomic E-state index is 0.0995. The highest BCUT2D eigenvalue weighted by Gasteiger charge is 2.28. The predicted molar refractivity (Wildman–Crippen MR) is 114 cm³/mol. The maximum absolute atomic E-state index is 12.7. The molecule has 1 fully saturated rings. The van der Waals surface area contributed by atoms with Crippen LogP contribution in [-0.2, 0) is 31.3 Å². The van der Waals surface area contributed by atoms with Gasteiger partial charge < -0.3 is 14.8 Å². The molecular weight excluding hydrogens is 466 g/mol. The molecule has 0 saturated carbocycles. The summed E-state index contributed by atoms with van der Waals surface area (Å²) < 4.78 is 63.8. The van der Waals surface area contributed by atoms with Crippen LogP contribution in [0.25, 0.3) is 0 Å². The maximum atomic E-state index is 12.7. The number of sulfonamides is 2. The molecule has 1 aliphatic heterocycles. The molecule has 31 heavy (non-hydrogen) atoms. The van der Waals surface area contributed by atoms with Crippen LogP contribution in [0.5, 0.6) is 5.75 Å². The van der Waals surface area contributed by atoms with Crippen molar-refractivity contribution >= 4 is 37.3 Å². The highest BCUT2D eigenvalue weighted by molar-refractivity contribution is 7.91. The van der Waals surface area contributed by atoms with Gasteiger partial charge in [-0.25, -0.2) is 21.6 Å². The predicted octanol–water partition coefficient (Wildman–Crippen LogP) is 0.616. The van der Waals surface area contributed by atoms with E-state index < -0.39 is 26.0 Å². The Hall–Kier alpha value is -2.03. The van der Waals surface area contributed by atoms with Crippen LogP contribution in [0.3, 0.4) is 0 Å². The number of benzene rings is 1. The van der Waals surface area contributed by atoms with E-state index in [-0.39, 0.29) is 27.0 Å².